The fraction of sp³-hybridized carbons (Fsp3) is 1.00. The Hall–Kier alpha value is -0.240. The van der Waals surface area contributed by atoms with Crippen molar-refractivity contribution in [1.29, 1.82) is 0 Å². The van der Waals surface area contributed by atoms with Crippen LogP contribution >= 0.6 is 0 Å². The van der Waals surface area contributed by atoms with Gasteiger partial charge in [-0.3, -0.25) is 4.90 Å². The molecule has 0 bridgehead atoms. The molecule has 3 aliphatic heterocycles. The molecule has 5 aliphatic carbocycles. The highest BCUT2D eigenvalue weighted by atomic mass is 16.7. The van der Waals surface area contributed by atoms with Crippen molar-refractivity contribution in [2.75, 3.05) is 39.5 Å². The number of hydrogen-bond acceptors (Lipinski definition) is 6. The molecule has 39 heavy (non-hydrogen) atoms. The number of hydrogen-bond donors (Lipinski definition) is 1. The first-order valence-electron chi connectivity index (χ1n) is 16.5. The topological polar surface area (TPSA) is 60.4 Å². The Bertz CT molecular complexity index is 1000. The van der Waals surface area contributed by atoms with Crippen LogP contribution in [0.5, 0.6) is 0 Å². The second-order valence-electron chi connectivity index (χ2n) is 16.4. The van der Waals surface area contributed by atoms with Gasteiger partial charge in [-0.2, -0.15) is 0 Å². The van der Waals surface area contributed by atoms with Crippen molar-refractivity contribution in [3.63, 3.8) is 0 Å². The zero-order valence-corrected chi connectivity index (χ0v) is 25.1. The second-order valence-corrected chi connectivity index (χ2v) is 16.4. The summed E-state index contributed by atoms with van der Waals surface area (Å²) in [6.07, 6.45) is 9.96. The highest BCUT2D eigenvalue weighted by Crippen LogP contribution is 2.89. The lowest BCUT2D eigenvalue weighted by Crippen LogP contribution is -2.60. The maximum absolute atomic E-state index is 12.1. The van der Waals surface area contributed by atoms with Gasteiger partial charge in [0.2, 0.25) is 0 Å². The Kier molecular flexibility index (Phi) is 5.71. The molecule has 1 N–H and O–H groups in total. The maximum atomic E-state index is 12.1. The Morgan fingerprint density at radius 2 is 1.64 bits per heavy atom. The van der Waals surface area contributed by atoms with Crippen molar-refractivity contribution >= 4 is 0 Å². The summed E-state index contributed by atoms with van der Waals surface area (Å²) in [6, 6.07) is 0.547. The summed E-state index contributed by atoms with van der Waals surface area (Å²) in [6.45, 7) is 17.7. The molecule has 0 aromatic heterocycles. The van der Waals surface area contributed by atoms with Crippen molar-refractivity contribution in [2.24, 2.45) is 50.7 Å². The van der Waals surface area contributed by atoms with Crippen LogP contribution in [0.1, 0.15) is 86.0 Å². The van der Waals surface area contributed by atoms with Crippen LogP contribution < -0.4 is 0 Å². The Morgan fingerprint density at radius 1 is 0.872 bits per heavy atom. The van der Waals surface area contributed by atoms with E-state index in [1.54, 1.807) is 0 Å². The number of aliphatic hydroxyl groups excluding tert-OH is 1. The van der Waals surface area contributed by atoms with Gasteiger partial charge in [0.15, 0.2) is 6.29 Å². The lowest BCUT2D eigenvalue weighted by molar-refractivity contribution is -0.256. The van der Waals surface area contributed by atoms with Gasteiger partial charge in [-0.25, -0.2) is 0 Å². The lowest BCUT2D eigenvalue weighted by atomic mass is 9.41. The van der Waals surface area contributed by atoms with E-state index in [9.17, 15) is 5.11 Å². The minimum absolute atomic E-state index is 0.0356. The molecule has 3 heterocycles. The summed E-state index contributed by atoms with van der Waals surface area (Å²) in [7, 11) is 0. The predicted octanol–water partition coefficient (Wildman–Crippen LogP) is 4.87. The molecule has 0 amide bonds. The van der Waals surface area contributed by atoms with Gasteiger partial charge >= 0.3 is 0 Å². The number of fused-ring (bicyclic) bond motifs is 4. The first kappa shape index (κ1) is 26.4. The van der Waals surface area contributed by atoms with Crippen LogP contribution in [0.3, 0.4) is 0 Å². The monoisotopic (exact) mass is 543 g/mol. The molecule has 3 saturated heterocycles. The SMILES string of the molecule is C[C@@H]1CCOC2[C@H]1[C@@]1(C)CCC34C[C@@]35CC[C@H](OC3CN(C6COC6)CCO3)C(C)(C)C5CCC4[C@]1(C)[C@H]2O. The molecule has 0 aromatic carbocycles. The van der Waals surface area contributed by atoms with Crippen molar-refractivity contribution in [3.05, 3.63) is 0 Å². The van der Waals surface area contributed by atoms with E-state index in [1.807, 2.05) is 0 Å². The third-order valence-electron chi connectivity index (χ3n) is 15.2. The van der Waals surface area contributed by atoms with Crippen LogP contribution in [-0.2, 0) is 18.9 Å². The van der Waals surface area contributed by atoms with Crippen LogP contribution in [0.15, 0.2) is 0 Å². The molecule has 5 saturated carbocycles. The fourth-order valence-electron chi connectivity index (χ4n) is 13.1. The quantitative estimate of drug-likeness (QED) is 0.548. The molecule has 8 aliphatic rings. The zero-order chi connectivity index (χ0) is 27.0. The van der Waals surface area contributed by atoms with Gasteiger partial charge < -0.3 is 24.1 Å². The maximum Gasteiger partial charge on any atom is 0.170 e. The van der Waals surface area contributed by atoms with Gasteiger partial charge in [0.1, 0.15) is 0 Å². The molecule has 5 unspecified atom stereocenters. The van der Waals surface area contributed by atoms with Gasteiger partial charge in [-0.1, -0.05) is 34.6 Å². The molecule has 220 valence electrons. The second kappa shape index (κ2) is 8.44. The number of rotatable bonds is 3. The van der Waals surface area contributed by atoms with E-state index in [0.717, 1.165) is 52.4 Å². The summed E-state index contributed by atoms with van der Waals surface area (Å²) in [5, 5.41) is 12.1. The first-order valence-corrected chi connectivity index (χ1v) is 16.5. The van der Waals surface area contributed by atoms with E-state index in [1.165, 1.54) is 38.5 Å². The number of aliphatic hydroxyl groups is 1. The number of ether oxygens (including phenoxy) is 4. The fourth-order valence-corrected chi connectivity index (χ4v) is 13.1. The normalized spacial score (nSPS) is 58.3. The number of morpholine rings is 1. The van der Waals surface area contributed by atoms with Crippen molar-refractivity contribution in [2.45, 2.75) is 117 Å². The van der Waals surface area contributed by atoms with Crippen LogP contribution in [-0.4, -0.2) is 80.2 Å². The van der Waals surface area contributed by atoms with E-state index >= 15 is 0 Å². The van der Waals surface area contributed by atoms with E-state index in [0.29, 0.717) is 40.5 Å². The molecule has 6 heteroatoms. The highest BCUT2D eigenvalue weighted by molar-refractivity contribution is 5.32. The first-order chi connectivity index (χ1) is 18.6. The van der Waals surface area contributed by atoms with Gasteiger partial charge in [0.05, 0.1) is 50.7 Å². The molecule has 2 spiro atoms. The van der Waals surface area contributed by atoms with Crippen LogP contribution in [0.2, 0.25) is 0 Å². The standard InChI is InChI=1S/C33H53NO5/c1-20-9-14-38-27-26(20)30(4)11-12-33-19-32(33)10-8-24(39-25-16-34(13-15-37-25)21-17-36-18-21)29(2,3)22(32)6-7-23(33)31(30,5)28(27)35/h20-28,35H,6-19H2,1-5H3/t20-,22?,23?,24+,25?,26+,27?,28+,30-,31-,32-,33?/m1/s1. The molecule has 0 radical (unpaired) electrons. The number of nitrogens with zero attached hydrogens (tertiary/aromatic N) is 1. The van der Waals surface area contributed by atoms with Gasteiger partial charge in [0.25, 0.3) is 0 Å². The van der Waals surface area contributed by atoms with Crippen LogP contribution in [0.4, 0.5) is 0 Å². The van der Waals surface area contributed by atoms with Crippen molar-refractivity contribution < 1.29 is 24.1 Å². The average Bonchev–Trinajstić information content (AvgIpc) is 3.50. The van der Waals surface area contributed by atoms with Gasteiger partial charge in [0, 0.05) is 18.6 Å². The summed E-state index contributed by atoms with van der Waals surface area (Å²) in [5.74, 6) is 2.46. The molecule has 6 nitrogen and oxygen atoms in total. The smallest absolute Gasteiger partial charge is 0.170 e. The molecule has 12 atom stereocenters. The minimum Gasteiger partial charge on any atom is -0.390 e. The van der Waals surface area contributed by atoms with Crippen molar-refractivity contribution in [3.8, 4) is 0 Å². The largest absolute Gasteiger partial charge is 0.390 e. The molecule has 0 aromatic rings. The Balaban J connectivity index is 1.04. The highest BCUT2D eigenvalue weighted by Gasteiger charge is 2.84. The summed E-state index contributed by atoms with van der Waals surface area (Å²) in [5.41, 5.74) is 1.11. The third-order valence-corrected chi connectivity index (χ3v) is 15.2. The Labute approximate surface area is 235 Å². The molecular weight excluding hydrogens is 490 g/mol. The van der Waals surface area contributed by atoms with Gasteiger partial charge in [-0.05, 0) is 96.7 Å². The van der Waals surface area contributed by atoms with E-state index in [2.05, 4.69) is 39.5 Å². The molecule has 8 fully saturated rings. The minimum atomic E-state index is -0.327. The lowest BCUT2D eigenvalue weighted by Gasteiger charge is -2.63. The molecule has 8 rings (SSSR count). The van der Waals surface area contributed by atoms with E-state index < -0.39 is 0 Å². The molecular formula is C33H53NO5. The third kappa shape index (κ3) is 3.15. The Morgan fingerprint density at radius 3 is 2.41 bits per heavy atom. The summed E-state index contributed by atoms with van der Waals surface area (Å²) < 4.78 is 24.9. The summed E-state index contributed by atoms with van der Waals surface area (Å²) >= 11 is 0. The van der Waals surface area contributed by atoms with Gasteiger partial charge in [-0.15, -0.1) is 0 Å². The predicted molar refractivity (Wildman–Crippen MR) is 148 cm³/mol. The van der Waals surface area contributed by atoms with Crippen LogP contribution in [0, 0.1) is 50.7 Å². The van der Waals surface area contributed by atoms with E-state index in [-0.39, 0.29) is 40.8 Å². The zero-order valence-electron chi connectivity index (χ0n) is 25.1. The van der Waals surface area contributed by atoms with Crippen molar-refractivity contribution in [1.82, 2.24) is 4.90 Å². The van der Waals surface area contributed by atoms with Crippen LogP contribution in [0.25, 0.3) is 0 Å². The average molecular weight is 544 g/mol. The van der Waals surface area contributed by atoms with E-state index in [4.69, 9.17) is 18.9 Å². The summed E-state index contributed by atoms with van der Waals surface area (Å²) in [4.78, 5) is 2.52.